The Hall–Kier alpha value is -2.00. The molecule has 0 heterocycles. The Morgan fingerprint density at radius 2 is 1.83 bits per heavy atom. The molecule has 3 nitrogen and oxygen atoms in total. The number of benzene rings is 2. The second-order valence-electron chi connectivity index (χ2n) is 5.35. The van der Waals surface area contributed by atoms with Crippen LogP contribution in [0.15, 0.2) is 54.6 Å². The Morgan fingerprint density at radius 1 is 1.13 bits per heavy atom. The van der Waals surface area contributed by atoms with Crippen LogP contribution in [0, 0.1) is 0 Å². The number of nitrogens with one attached hydrogen (secondary N) is 1. The minimum atomic E-state index is -0.451. The van der Waals surface area contributed by atoms with Gasteiger partial charge in [-0.25, -0.2) is 0 Å². The minimum absolute atomic E-state index is 0.0625. The summed E-state index contributed by atoms with van der Waals surface area (Å²) in [4.78, 5) is 12.2. The van der Waals surface area contributed by atoms with Crippen LogP contribution in [0.3, 0.4) is 0 Å². The molecule has 1 N–H and O–H groups in total. The lowest BCUT2D eigenvalue weighted by atomic mass is 10.1. The number of amides is 1. The van der Waals surface area contributed by atoms with Crippen molar-refractivity contribution in [1.29, 1.82) is 0 Å². The first-order valence-electron chi connectivity index (χ1n) is 7.93. The van der Waals surface area contributed by atoms with Crippen LogP contribution in [-0.4, -0.2) is 18.6 Å². The quantitative estimate of drug-likeness (QED) is 0.734. The van der Waals surface area contributed by atoms with Crippen LogP contribution in [0.25, 0.3) is 0 Å². The van der Waals surface area contributed by atoms with Crippen LogP contribution in [0.2, 0.25) is 5.02 Å². The maximum atomic E-state index is 12.2. The van der Waals surface area contributed by atoms with Crippen molar-refractivity contribution in [2.24, 2.45) is 0 Å². The summed E-state index contributed by atoms with van der Waals surface area (Å²) < 4.78 is 5.73. The van der Waals surface area contributed by atoms with Crippen molar-refractivity contribution >= 4 is 17.5 Å². The van der Waals surface area contributed by atoms with Crippen LogP contribution in [0.4, 0.5) is 0 Å². The molecule has 4 heteroatoms. The number of ether oxygens (including phenoxy) is 1. The second-order valence-corrected chi connectivity index (χ2v) is 5.79. The molecule has 0 saturated heterocycles. The van der Waals surface area contributed by atoms with Gasteiger partial charge in [-0.3, -0.25) is 4.79 Å². The van der Waals surface area contributed by atoms with Gasteiger partial charge in [-0.2, -0.15) is 0 Å². The third kappa shape index (κ3) is 5.95. The first-order valence-corrected chi connectivity index (χ1v) is 8.30. The first-order chi connectivity index (χ1) is 11.2. The molecule has 122 valence electrons. The van der Waals surface area contributed by atoms with E-state index in [0.29, 0.717) is 13.0 Å². The van der Waals surface area contributed by atoms with Crippen molar-refractivity contribution < 1.29 is 9.53 Å². The lowest BCUT2D eigenvalue weighted by Gasteiger charge is -2.17. The number of hydrogen-bond donors (Lipinski definition) is 1. The van der Waals surface area contributed by atoms with Crippen molar-refractivity contribution in [1.82, 2.24) is 5.32 Å². The summed E-state index contributed by atoms with van der Waals surface area (Å²) in [5, 5.41) is 3.69. The van der Waals surface area contributed by atoms with Gasteiger partial charge in [0.2, 0.25) is 0 Å². The van der Waals surface area contributed by atoms with Gasteiger partial charge >= 0.3 is 0 Å². The predicted octanol–water partition coefficient (Wildman–Crippen LogP) is 4.25. The zero-order valence-corrected chi connectivity index (χ0v) is 14.1. The van der Waals surface area contributed by atoms with Gasteiger partial charge in [-0.1, -0.05) is 48.9 Å². The molecule has 2 aromatic rings. The first kappa shape index (κ1) is 17.4. The molecule has 0 unspecified atom stereocenters. The van der Waals surface area contributed by atoms with E-state index >= 15 is 0 Å². The molecule has 2 rings (SSSR count). The maximum absolute atomic E-state index is 12.2. The highest BCUT2D eigenvalue weighted by molar-refractivity contribution is 6.30. The summed E-state index contributed by atoms with van der Waals surface area (Å²) in [6.07, 6.45) is 1.98. The molecule has 1 amide bonds. The third-order valence-corrected chi connectivity index (χ3v) is 3.79. The predicted molar refractivity (Wildman–Crippen MR) is 93.9 cm³/mol. The van der Waals surface area contributed by atoms with Crippen LogP contribution in [0.5, 0.6) is 5.75 Å². The van der Waals surface area contributed by atoms with Crippen LogP contribution in [-0.2, 0) is 11.2 Å². The molecule has 1 atom stereocenters. The van der Waals surface area contributed by atoms with E-state index in [0.717, 1.165) is 23.6 Å². The van der Waals surface area contributed by atoms with Crippen molar-refractivity contribution in [3.8, 4) is 5.75 Å². The standard InChI is InChI=1S/C19H22ClNO2/c1-2-18(23-17-8-4-3-5-9-17)19(22)21-14-6-7-15-10-12-16(20)13-11-15/h3-5,8-13,18H,2,6-7,14H2,1H3,(H,21,22)/t18-/m0/s1. The number of halogens is 1. The number of hydrogen-bond acceptors (Lipinski definition) is 2. The molecule has 0 fully saturated rings. The summed E-state index contributed by atoms with van der Waals surface area (Å²) >= 11 is 5.86. The van der Waals surface area contributed by atoms with Gasteiger partial charge in [0, 0.05) is 11.6 Å². The number of aryl methyl sites for hydroxylation is 1. The van der Waals surface area contributed by atoms with E-state index in [2.05, 4.69) is 5.32 Å². The number of carbonyl (C=O) groups is 1. The highest BCUT2D eigenvalue weighted by atomic mass is 35.5. The molecule has 0 radical (unpaired) electrons. The number of carbonyl (C=O) groups excluding carboxylic acids is 1. The van der Waals surface area contributed by atoms with Crippen LogP contribution in [0.1, 0.15) is 25.3 Å². The van der Waals surface area contributed by atoms with Crippen molar-refractivity contribution in [3.63, 3.8) is 0 Å². The molecular formula is C19H22ClNO2. The van der Waals surface area contributed by atoms with Gasteiger partial charge in [0.1, 0.15) is 5.75 Å². The Bertz CT molecular complexity index is 599. The zero-order valence-electron chi connectivity index (χ0n) is 13.3. The molecule has 0 saturated carbocycles. The molecule has 0 spiro atoms. The average Bonchev–Trinajstić information content (AvgIpc) is 2.59. The van der Waals surface area contributed by atoms with Gasteiger partial charge in [0.05, 0.1) is 0 Å². The topological polar surface area (TPSA) is 38.3 Å². The molecule has 0 bridgehead atoms. The lowest BCUT2D eigenvalue weighted by Crippen LogP contribution is -2.38. The Balaban J connectivity index is 1.73. The van der Waals surface area contributed by atoms with E-state index in [4.69, 9.17) is 16.3 Å². The highest BCUT2D eigenvalue weighted by Gasteiger charge is 2.17. The van der Waals surface area contributed by atoms with Gasteiger partial charge in [-0.05, 0) is 49.1 Å². The second kappa shape index (κ2) is 9.21. The SMILES string of the molecule is CC[C@H](Oc1ccccc1)C(=O)NCCCc1ccc(Cl)cc1. The monoisotopic (exact) mass is 331 g/mol. The average molecular weight is 332 g/mol. The fourth-order valence-corrected chi connectivity index (χ4v) is 2.38. The summed E-state index contributed by atoms with van der Waals surface area (Å²) in [5.41, 5.74) is 1.22. The van der Waals surface area contributed by atoms with Crippen molar-refractivity contribution in [2.75, 3.05) is 6.54 Å². The number of para-hydroxylation sites is 1. The molecule has 0 aliphatic carbocycles. The largest absolute Gasteiger partial charge is 0.481 e. The number of rotatable bonds is 8. The van der Waals surface area contributed by atoms with Crippen LogP contribution < -0.4 is 10.1 Å². The molecule has 0 aliphatic heterocycles. The molecule has 0 aliphatic rings. The minimum Gasteiger partial charge on any atom is -0.481 e. The molecular weight excluding hydrogens is 310 g/mol. The smallest absolute Gasteiger partial charge is 0.261 e. The third-order valence-electron chi connectivity index (χ3n) is 3.54. The van der Waals surface area contributed by atoms with E-state index in [1.807, 2.05) is 61.5 Å². The van der Waals surface area contributed by atoms with Crippen molar-refractivity contribution in [3.05, 3.63) is 65.2 Å². The van der Waals surface area contributed by atoms with Gasteiger partial charge < -0.3 is 10.1 Å². The van der Waals surface area contributed by atoms with Crippen molar-refractivity contribution in [2.45, 2.75) is 32.3 Å². The summed E-state index contributed by atoms with van der Waals surface area (Å²) in [6.45, 7) is 2.58. The normalized spacial score (nSPS) is 11.7. The summed E-state index contributed by atoms with van der Waals surface area (Å²) in [5.74, 6) is 0.656. The van der Waals surface area contributed by atoms with E-state index < -0.39 is 6.10 Å². The maximum Gasteiger partial charge on any atom is 0.261 e. The molecule has 2 aromatic carbocycles. The Morgan fingerprint density at radius 3 is 2.48 bits per heavy atom. The zero-order chi connectivity index (χ0) is 16.5. The summed E-state index contributed by atoms with van der Waals surface area (Å²) in [7, 11) is 0. The van der Waals surface area contributed by atoms with E-state index in [9.17, 15) is 4.79 Å². The van der Waals surface area contributed by atoms with E-state index in [1.165, 1.54) is 5.56 Å². The Labute approximate surface area is 142 Å². The molecule has 0 aromatic heterocycles. The van der Waals surface area contributed by atoms with E-state index in [1.54, 1.807) is 0 Å². The van der Waals surface area contributed by atoms with Gasteiger partial charge in [0.25, 0.3) is 5.91 Å². The van der Waals surface area contributed by atoms with Gasteiger partial charge in [-0.15, -0.1) is 0 Å². The van der Waals surface area contributed by atoms with Crippen LogP contribution >= 0.6 is 11.6 Å². The fourth-order valence-electron chi connectivity index (χ4n) is 2.25. The summed E-state index contributed by atoms with van der Waals surface area (Å²) in [6, 6.07) is 17.2. The lowest BCUT2D eigenvalue weighted by molar-refractivity contribution is -0.128. The van der Waals surface area contributed by atoms with E-state index in [-0.39, 0.29) is 5.91 Å². The highest BCUT2D eigenvalue weighted by Crippen LogP contribution is 2.13. The van der Waals surface area contributed by atoms with Gasteiger partial charge in [0.15, 0.2) is 6.10 Å². The Kier molecular flexibility index (Phi) is 6.95. The molecule has 23 heavy (non-hydrogen) atoms. The fraction of sp³-hybridized carbons (Fsp3) is 0.316.